The first-order chi connectivity index (χ1) is 8.16. The SMILES string of the molecule is Cc1cc(C(C)NC(=O)C(C)(C)C(=O)O)c(C)s1. The summed E-state index contributed by atoms with van der Waals surface area (Å²) >= 11 is 1.67. The first kappa shape index (κ1) is 14.7. The van der Waals surface area contributed by atoms with Gasteiger partial charge in [-0.15, -0.1) is 11.3 Å². The summed E-state index contributed by atoms with van der Waals surface area (Å²) in [5, 5.41) is 11.8. The van der Waals surface area contributed by atoms with E-state index in [0.717, 1.165) is 10.4 Å². The lowest BCUT2D eigenvalue weighted by Crippen LogP contribution is -2.43. The Bertz CT molecular complexity index is 477. The Kier molecular flexibility index (Phi) is 4.16. The lowest BCUT2D eigenvalue weighted by molar-refractivity contribution is -0.153. The third-order valence-corrected chi connectivity index (χ3v) is 3.98. The molecule has 0 radical (unpaired) electrons. The van der Waals surface area contributed by atoms with E-state index in [1.165, 1.54) is 18.7 Å². The molecule has 4 nitrogen and oxygen atoms in total. The maximum Gasteiger partial charge on any atom is 0.318 e. The van der Waals surface area contributed by atoms with Crippen LogP contribution in [-0.2, 0) is 9.59 Å². The maximum absolute atomic E-state index is 11.9. The van der Waals surface area contributed by atoms with E-state index in [2.05, 4.69) is 5.32 Å². The molecule has 1 amide bonds. The van der Waals surface area contributed by atoms with Crippen molar-refractivity contribution in [2.75, 3.05) is 0 Å². The van der Waals surface area contributed by atoms with Gasteiger partial charge in [-0.1, -0.05) is 0 Å². The molecule has 0 aliphatic heterocycles. The molecular formula is C13H19NO3S. The molecule has 0 spiro atoms. The zero-order valence-electron chi connectivity index (χ0n) is 11.3. The maximum atomic E-state index is 11.9. The Morgan fingerprint density at radius 1 is 1.39 bits per heavy atom. The summed E-state index contributed by atoms with van der Waals surface area (Å²) in [4.78, 5) is 25.2. The smallest absolute Gasteiger partial charge is 0.318 e. The minimum Gasteiger partial charge on any atom is -0.480 e. The lowest BCUT2D eigenvalue weighted by Gasteiger charge is -2.22. The van der Waals surface area contributed by atoms with Crippen LogP contribution in [0.2, 0.25) is 0 Å². The topological polar surface area (TPSA) is 66.4 Å². The van der Waals surface area contributed by atoms with E-state index in [1.54, 1.807) is 11.3 Å². The van der Waals surface area contributed by atoms with Crippen molar-refractivity contribution in [3.8, 4) is 0 Å². The van der Waals surface area contributed by atoms with Crippen LogP contribution in [0, 0.1) is 19.3 Å². The predicted molar refractivity (Wildman–Crippen MR) is 71.8 cm³/mol. The van der Waals surface area contributed by atoms with Gasteiger partial charge < -0.3 is 10.4 Å². The van der Waals surface area contributed by atoms with Crippen molar-refractivity contribution < 1.29 is 14.7 Å². The van der Waals surface area contributed by atoms with E-state index in [-0.39, 0.29) is 6.04 Å². The van der Waals surface area contributed by atoms with Crippen LogP contribution in [0.1, 0.15) is 42.1 Å². The highest BCUT2D eigenvalue weighted by Gasteiger charge is 2.36. The first-order valence-electron chi connectivity index (χ1n) is 5.77. The minimum absolute atomic E-state index is 0.180. The van der Waals surface area contributed by atoms with Crippen LogP contribution in [0.15, 0.2) is 6.07 Å². The number of carboxylic acid groups (broad SMARTS) is 1. The molecular weight excluding hydrogens is 250 g/mol. The third kappa shape index (κ3) is 2.90. The number of carboxylic acids is 1. The number of carbonyl (C=O) groups excluding carboxylic acids is 1. The molecule has 1 heterocycles. The Hall–Kier alpha value is -1.36. The normalized spacial score (nSPS) is 13.2. The molecule has 100 valence electrons. The zero-order valence-corrected chi connectivity index (χ0v) is 12.1. The molecule has 1 atom stereocenters. The van der Waals surface area contributed by atoms with Crippen LogP contribution in [0.4, 0.5) is 0 Å². The van der Waals surface area contributed by atoms with Gasteiger partial charge in [0, 0.05) is 9.75 Å². The van der Waals surface area contributed by atoms with Gasteiger partial charge in [0.25, 0.3) is 0 Å². The number of nitrogens with one attached hydrogen (secondary N) is 1. The van der Waals surface area contributed by atoms with Crippen molar-refractivity contribution in [3.05, 3.63) is 21.4 Å². The van der Waals surface area contributed by atoms with Gasteiger partial charge in [0.1, 0.15) is 5.41 Å². The molecule has 0 fully saturated rings. The number of aryl methyl sites for hydroxylation is 2. The summed E-state index contributed by atoms with van der Waals surface area (Å²) in [5.41, 5.74) is -0.361. The fraction of sp³-hybridized carbons (Fsp3) is 0.538. The molecule has 2 N–H and O–H groups in total. The molecule has 0 aliphatic rings. The van der Waals surface area contributed by atoms with Gasteiger partial charge in [0.2, 0.25) is 5.91 Å². The van der Waals surface area contributed by atoms with E-state index in [0.29, 0.717) is 0 Å². The molecule has 0 aliphatic carbocycles. The van der Waals surface area contributed by atoms with Crippen molar-refractivity contribution in [2.45, 2.75) is 40.7 Å². The van der Waals surface area contributed by atoms with E-state index < -0.39 is 17.3 Å². The fourth-order valence-corrected chi connectivity index (χ4v) is 2.65. The van der Waals surface area contributed by atoms with Gasteiger partial charge in [-0.2, -0.15) is 0 Å². The van der Waals surface area contributed by atoms with E-state index >= 15 is 0 Å². The zero-order chi connectivity index (χ0) is 14.1. The summed E-state index contributed by atoms with van der Waals surface area (Å²) in [6, 6.07) is 1.85. The second-order valence-corrected chi connectivity index (χ2v) is 6.45. The number of carbonyl (C=O) groups is 2. The van der Waals surface area contributed by atoms with Crippen molar-refractivity contribution in [2.24, 2.45) is 5.41 Å². The Balaban J connectivity index is 2.83. The molecule has 5 heteroatoms. The van der Waals surface area contributed by atoms with E-state index in [9.17, 15) is 9.59 Å². The molecule has 1 unspecified atom stereocenters. The molecule has 0 bridgehead atoms. The molecule has 1 rings (SSSR count). The van der Waals surface area contributed by atoms with E-state index in [1.807, 2.05) is 26.8 Å². The van der Waals surface area contributed by atoms with Crippen LogP contribution in [-0.4, -0.2) is 17.0 Å². The number of hydrogen-bond acceptors (Lipinski definition) is 3. The summed E-state index contributed by atoms with van der Waals surface area (Å²) in [6.45, 7) is 8.69. The summed E-state index contributed by atoms with van der Waals surface area (Å²) in [5.74, 6) is -1.59. The molecule has 0 saturated carbocycles. The number of aliphatic carboxylic acids is 1. The van der Waals surface area contributed by atoms with Gasteiger partial charge in [0.05, 0.1) is 6.04 Å². The standard InChI is InChI=1S/C13H19NO3S/c1-7-6-10(9(3)18-7)8(2)14-11(15)13(4,5)12(16)17/h6,8H,1-5H3,(H,14,15)(H,16,17). The average Bonchev–Trinajstić information content (AvgIpc) is 2.57. The molecule has 0 saturated heterocycles. The van der Waals surface area contributed by atoms with Gasteiger partial charge in [-0.25, -0.2) is 0 Å². The average molecular weight is 269 g/mol. The van der Waals surface area contributed by atoms with Gasteiger partial charge >= 0.3 is 5.97 Å². The minimum atomic E-state index is -1.41. The molecule has 0 aromatic carbocycles. The molecule has 18 heavy (non-hydrogen) atoms. The lowest BCUT2D eigenvalue weighted by atomic mass is 9.92. The quantitative estimate of drug-likeness (QED) is 0.826. The highest BCUT2D eigenvalue weighted by Crippen LogP contribution is 2.27. The monoisotopic (exact) mass is 269 g/mol. The first-order valence-corrected chi connectivity index (χ1v) is 6.59. The number of hydrogen-bond donors (Lipinski definition) is 2. The van der Waals surface area contributed by atoms with Crippen LogP contribution in [0.3, 0.4) is 0 Å². The number of thiophene rings is 1. The third-order valence-electron chi connectivity index (χ3n) is 3.00. The largest absolute Gasteiger partial charge is 0.480 e. The number of amides is 1. The van der Waals surface area contributed by atoms with Crippen LogP contribution < -0.4 is 5.32 Å². The molecule has 1 aromatic heterocycles. The highest BCUT2D eigenvalue weighted by atomic mass is 32.1. The predicted octanol–water partition coefficient (Wildman–Crippen LogP) is 2.65. The van der Waals surface area contributed by atoms with Crippen LogP contribution in [0.25, 0.3) is 0 Å². The van der Waals surface area contributed by atoms with Crippen molar-refractivity contribution in [3.63, 3.8) is 0 Å². The van der Waals surface area contributed by atoms with Gasteiger partial charge in [-0.05, 0) is 46.2 Å². The van der Waals surface area contributed by atoms with Crippen LogP contribution >= 0.6 is 11.3 Å². The van der Waals surface area contributed by atoms with Crippen molar-refractivity contribution in [1.82, 2.24) is 5.32 Å². The Morgan fingerprint density at radius 2 is 1.94 bits per heavy atom. The van der Waals surface area contributed by atoms with Gasteiger partial charge in [-0.3, -0.25) is 9.59 Å². The highest BCUT2D eigenvalue weighted by molar-refractivity contribution is 7.12. The Labute approximate surface area is 111 Å². The second-order valence-electron chi connectivity index (χ2n) is 4.99. The van der Waals surface area contributed by atoms with Crippen molar-refractivity contribution in [1.29, 1.82) is 0 Å². The van der Waals surface area contributed by atoms with E-state index in [4.69, 9.17) is 5.11 Å². The number of rotatable bonds is 4. The summed E-state index contributed by atoms with van der Waals surface area (Å²) in [7, 11) is 0. The Morgan fingerprint density at radius 3 is 2.33 bits per heavy atom. The summed E-state index contributed by atoms with van der Waals surface area (Å²) in [6.07, 6.45) is 0. The van der Waals surface area contributed by atoms with Crippen LogP contribution in [0.5, 0.6) is 0 Å². The van der Waals surface area contributed by atoms with Crippen molar-refractivity contribution >= 4 is 23.2 Å². The molecule has 1 aromatic rings. The summed E-state index contributed by atoms with van der Waals surface area (Å²) < 4.78 is 0. The van der Waals surface area contributed by atoms with Gasteiger partial charge in [0.15, 0.2) is 0 Å². The second kappa shape index (κ2) is 5.10. The fourth-order valence-electron chi connectivity index (χ4n) is 1.63.